The minimum atomic E-state index is -3.67. The predicted octanol–water partition coefficient (Wildman–Crippen LogP) is 3.45. The van der Waals surface area contributed by atoms with Crippen molar-refractivity contribution in [2.45, 2.75) is 31.7 Å². The van der Waals surface area contributed by atoms with Crippen molar-refractivity contribution in [3.8, 4) is 10.6 Å². The van der Waals surface area contributed by atoms with Crippen LogP contribution in [-0.2, 0) is 10.0 Å². The van der Waals surface area contributed by atoms with E-state index in [0.29, 0.717) is 16.3 Å². The van der Waals surface area contributed by atoms with Crippen LogP contribution >= 0.6 is 11.3 Å². The van der Waals surface area contributed by atoms with Crippen molar-refractivity contribution in [2.24, 2.45) is 0 Å². The van der Waals surface area contributed by atoms with E-state index >= 15 is 0 Å². The molecule has 0 aliphatic carbocycles. The third-order valence-electron chi connectivity index (χ3n) is 3.63. The summed E-state index contributed by atoms with van der Waals surface area (Å²) in [7, 11) is -3.67. The summed E-state index contributed by atoms with van der Waals surface area (Å²) >= 11 is 1.36. The Balaban J connectivity index is 1.90. The molecule has 0 aromatic carbocycles. The number of hydrogen-bond acceptors (Lipinski definition) is 6. The van der Waals surface area contributed by atoms with Gasteiger partial charge in [0.05, 0.1) is 27.7 Å². The minimum Gasteiger partial charge on any atom is -0.355 e. The predicted molar refractivity (Wildman–Crippen MR) is 92.3 cm³/mol. The van der Waals surface area contributed by atoms with Gasteiger partial charge in [-0.1, -0.05) is 11.2 Å². The lowest BCUT2D eigenvalue weighted by atomic mass is 10.1. The largest absolute Gasteiger partial charge is 0.355 e. The van der Waals surface area contributed by atoms with Gasteiger partial charge in [0.2, 0.25) is 10.0 Å². The van der Waals surface area contributed by atoms with Crippen LogP contribution < -0.4 is 4.72 Å². The lowest BCUT2D eigenvalue weighted by molar-refractivity contribution is 0.433. The fraction of sp³-hybridized carbons (Fsp3) is 0.250. The normalized spacial score (nSPS) is 13.1. The van der Waals surface area contributed by atoms with Gasteiger partial charge < -0.3 is 4.52 Å². The molecule has 0 amide bonds. The summed E-state index contributed by atoms with van der Waals surface area (Å²) in [4.78, 5) is 5.95. The van der Waals surface area contributed by atoms with Gasteiger partial charge in [-0.2, -0.15) is 0 Å². The highest BCUT2D eigenvalue weighted by Crippen LogP contribution is 2.33. The molecule has 3 heterocycles. The second-order valence-corrected chi connectivity index (χ2v) is 8.40. The Kier molecular flexibility index (Phi) is 4.53. The molecule has 0 saturated heterocycles. The average Bonchev–Trinajstić information content (AvgIpc) is 3.16. The molecule has 0 bridgehead atoms. The van der Waals surface area contributed by atoms with Crippen LogP contribution in [0.4, 0.5) is 0 Å². The van der Waals surface area contributed by atoms with Crippen LogP contribution in [-0.4, -0.2) is 18.6 Å². The molecule has 0 saturated carbocycles. The number of sulfonamides is 1. The van der Waals surface area contributed by atoms with Gasteiger partial charge in [-0.3, -0.25) is 4.98 Å². The van der Waals surface area contributed by atoms with E-state index in [0.717, 1.165) is 10.4 Å². The molecule has 0 radical (unpaired) electrons. The van der Waals surface area contributed by atoms with Gasteiger partial charge in [-0.25, -0.2) is 13.1 Å². The fourth-order valence-corrected chi connectivity index (χ4v) is 5.26. The van der Waals surface area contributed by atoms with Crippen molar-refractivity contribution in [2.75, 3.05) is 0 Å². The molecule has 0 spiro atoms. The van der Waals surface area contributed by atoms with E-state index < -0.39 is 16.1 Å². The van der Waals surface area contributed by atoms with Gasteiger partial charge >= 0.3 is 0 Å². The van der Waals surface area contributed by atoms with Gasteiger partial charge in [0.25, 0.3) is 0 Å². The van der Waals surface area contributed by atoms with Crippen molar-refractivity contribution < 1.29 is 12.9 Å². The summed E-state index contributed by atoms with van der Waals surface area (Å²) < 4.78 is 33.3. The second kappa shape index (κ2) is 6.46. The van der Waals surface area contributed by atoms with Crippen LogP contribution in [0.5, 0.6) is 0 Å². The van der Waals surface area contributed by atoms with Crippen LogP contribution in [0.25, 0.3) is 10.6 Å². The van der Waals surface area contributed by atoms with E-state index in [1.165, 1.54) is 17.5 Å². The van der Waals surface area contributed by atoms with E-state index in [1.807, 2.05) is 19.1 Å². The van der Waals surface area contributed by atoms with Crippen molar-refractivity contribution >= 4 is 21.4 Å². The third-order valence-corrected chi connectivity index (χ3v) is 6.50. The summed E-state index contributed by atoms with van der Waals surface area (Å²) in [6.45, 7) is 5.46. The first kappa shape index (κ1) is 16.8. The van der Waals surface area contributed by atoms with E-state index in [1.54, 1.807) is 32.2 Å². The van der Waals surface area contributed by atoms with Crippen LogP contribution in [0, 0.1) is 13.8 Å². The van der Waals surface area contributed by atoms with Crippen molar-refractivity contribution in [3.05, 3.63) is 52.8 Å². The van der Waals surface area contributed by atoms with Gasteiger partial charge in [0.1, 0.15) is 0 Å². The average molecular weight is 363 g/mol. The molecule has 6 nitrogen and oxygen atoms in total. The number of nitrogens with zero attached hydrogens (tertiary/aromatic N) is 2. The molecule has 8 heteroatoms. The quantitative estimate of drug-likeness (QED) is 0.750. The maximum Gasteiger partial charge on any atom is 0.242 e. The number of aromatic nitrogens is 2. The Morgan fingerprint density at radius 2 is 2.04 bits per heavy atom. The van der Waals surface area contributed by atoms with E-state index in [4.69, 9.17) is 4.52 Å². The molecular formula is C16H17N3O3S2. The topological polar surface area (TPSA) is 85.1 Å². The number of pyridine rings is 1. The summed E-state index contributed by atoms with van der Waals surface area (Å²) in [6, 6.07) is 6.62. The smallest absolute Gasteiger partial charge is 0.242 e. The Morgan fingerprint density at radius 3 is 2.71 bits per heavy atom. The van der Waals surface area contributed by atoms with Crippen molar-refractivity contribution in [3.63, 3.8) is 0 Å². The highest BCUT2D eigenvalue weighted by atomic mass is 32.2. The zero-order valence-electron chi connectivity index (χ0n) is 13.5. The number of nitrogens with one attached hydrogen (secondary N) is 1. The maximum absolute atomic E-state index is 12.8. The highest BCUT2D eigenvalue weighted by Gasteiger charge is 2.24. The van der Waals surface area contributed by atoms with E-state index in [-0.39, 0.29) is 4.90 Å². The Morgan fingerprint density at radius 1 is 1.25 bits per heavy atom. The lowest BCUT2D eigenvalue weighted by Crippen LogP contribution is -2.28. The zero-order chi connectivity index (χ0) is 17.3. The number of aryl methyl sites for hydroxylation is 2. The monoisotopic (exact) mass is 363 g/mol. The number of hydrogen-bond donors (Lipinski definition) is 1. The number of rotatable bonds is 5. The van der Waals surface area contributed by atoms with Gasteiger partial charge in [0.15, 0.2) is 5.76 Å². The van der Waals surface area contributed by atoms with Gasteiger partial charge in [-0.15, -0.1) is 11.3 Å². The summed E-state index contributed by atoms with van der Waals surface area (Å²) in [6.07, 6.45) is 3.19. The molecule has 1 atom stereocenters. The molecule has 0 fully saturated rings. The van der Waals surface area contributed by atoms with Gasteiger partial charge in [0, 0.05) is 17.1 Å². The zero-order valence-corrected chi connectivity index (χ0v) is 15.1. The lowest BCUT2D eigenvalue weighted by Gasteiger charge is -2.15. The van der Waals surface area contributed by atoms with Crippen molar-refractivity contribution in [1.82, 2.24) is 14.9 Å². The Hall–Kier alpha value is -2.03. The molecular weight excluding hydrogens is 346 g/mol. The molecule has 24 heavy (non-hydrogen) atoms. The van der Waals surface area contributed by atoms with Crippen LogP contribution in [0.3, 0.4) is 0 Å². The first-order valence-electron chi connectivity index (χ1n) is 7.34. The highest BCUT2D eigenvalue weighted by molar-refractivity contribution is 7.89. The van der Waals surface area contributed by atoms with Crippen LogP contribution in [0.15, 0.2) is 46.1 Å². The molecule has 1 N–H and O–H groups in total. The summed E-state index contributed by atoms with van der Waals surface area (Å²) in [5, 5.41) is 3.66. The van der Waals surface area contributed by atoms with E-state index in [9.17, 15) is 8.42 Å². The standard InChI is InChI=1S/C16H17N3O3S2/c1-10-5-4-7-17-16(10)11(2)19-24(20,21)15-9-14(23-12(15)3)13-6-8-18-22-13/h4-9,11,19H,1-3H3. The molecule has 3 aromatic heterocycles. The minimum absolute atomic E-state index is 0.249. The molecule has 3 aromatic rings. The number of thiophene rings is 1. The summed E-state index contributed by atoms with van der Waals surface area (Å²) in [5.74, 6) is 0.554. The Bertz CT molecular complexity index is 947. The second-order valence-electron chi connectivity index (χ2n) is 5.46. The van der Waals surface area contributed by atoms with E-state index in [2.05, 4.69) is 14.9 Å². The first-order chi connectivity index (χ1) is 11.4. The van der Waals surface area contributed by atoms with Crippen LogP contribution in [0.1, 0.15) is 29.1 Å². The molecule has 126 valence electrons. The molecule has 0 aliphatic heterocycles. The maximum atomic E-state index is 12.8. The third kappa shape index (κ3) is 3.26. The van der Waals surface area contributed by atoms with Crippen LogP contribution in [0.2, 0.25) is 0 Å². The molecule has 3 rings (SSSR count). The SMILES string of the molecule is Cc1cccnc1C(C)NS(=O)(=O)c1cc(-c2ccno2)sc1C. The fourth-order valence-electron chi connectivity index (χ4n) is 2.50. The first-order valence-corrected chi connectivity index (χ1v) is 9.64. The summed E-state index contributed by atoms with van der Waals surface area (Å²) in [5.41, 5.74) is 1.65. The molecule has 1 unspecified atom stereocenters. The Labute approximate surface area is 144 Å². The van der Waals surface area contributed by atoms with Gasteiger partial charge in [-0.05, 0) is 38.5 Å². The molecule has 0 aliphatic rings. The van der Waals surface area contributed by atoms with Crippen molar-refractivity contribution in [1.29, 1.82) is 0 Å².